The number of carbonyl (C=O) groups is 3. The average molecular weight is 338 g/mol. The van der Waals surface area contributed by atoms with E-state index in [1.165, 1.54) is 6.92 Å². The quantitative estimate of drug-likeness (QED) is 0.471. The van der Waals surface area contributed by atoms with Gasteiger partial charge in [-0.25, -0.2) is 0 Å². The summed E-state index contributed by atoms with van der Waals surface area (Å²) in [6.45, 7) is 7.07. The van der Waals surface area contributed by atoms with Crippen molar-refractivity contribution in [2.75, 3.05) is 53.2 Å². The molecule has 0 aliphatic rings. The van der Waals surface area contributed by atoms with Gasteiger partial charge in [0.25, 0.3) is 0 Å². The molecule has 0 aromatic heterocycles. The van der Waals surface area contributed by atoms with E-state index in [0.717, 1.165) is 0 Å². The summed E-state index contributed by atoms with van der Waals surface area (Å²) in [6, 6.07) is 0. The minimum atomic E-state index is -0.274. The van der Waals surface area contributed by atoms with Crippen molar-refractivity contribution in [3.63, 3.8) is 0 Å². The summed E-state index contributed by atoms with van der Waals surface area (Å²) >= 11 is 0. The molecule has 0 spiro atoms. The number of hydrogen-bond acceptors (Lipinski definition) is 6. The third kappa shape index (κ3) is 20.5. The summed E-state index contributed by atoms with van der Waals surface area (Å²) in [6.07, 6.45) is 0.177. The SMILES string of the molecule is CC.COCCOCC(=O)NCCC(=O)NCCOCC(C)=O.[HH].[HH]. The lowest BCUT2D eigenvalue weighted by Gasteiger charge is -2.07. The highest BCUT2D eigenvalue weighted by Gasteiger charge is 2.04. The maximum Gasteiger partial charge on any atom is 0.246 e. The van der Waals surface area contributed by atoms with Crippen LogP contribution < -0.4 is 10.6 Å². The third-order valence-electron chi connectivity index (χ3n) is 2.21. The van der Waals surface area contributed by atoms with Gasteiger partial charge in [-0.15, -0.1) is 0 Å². The first kappa shape index (κ1) is 23.8. The van der Waals surface area contributed by atoms with Gasteiger partial charge in [-0.1, -0.05) is 13.8 Å². The molecule has 0 bridgehead atoms. The van der Waals surface area contributed by atoms with E-state index in [-0.39, 0.29) is 53.2 Å². The number of hydrogen-bond donors (Lipinski definition) is 2. The standard InChI is InChI=1S/C13H24N2O6.C2H6.2H2/c1-11(16)9-20-6-5-15-12(17)3-4-14-13(18)10-21-8-7-19-2;1-2;;/h3-10H2,1-2H3,(H,14,18)(H,15,17);1-2H3;2*1H. The Kier molecular flexibility index (Phi) is 19.1. The molecule has 0 saturated heterocycles. The Morgan fingerprint density at radius 2 is 1.48 bits per heavy atom. The molecule has 0 heterocycles. The fraction of sp³-hybridized carbons (Fsp3) is 0.800. The number of methoxy groups -OCH3 is 1. The van der Waals surface area contributed by atoms with Crippen molar-refractivity contribution in [1.82, 2.24) is 10.6 Å². The van der Waals surface area contributed by atoms with E-state index in [4.69, 9.17) is 14.2 Å². The Labute approximate surface area is 141 Å². The number of amides is 2. The Morgan fingerprint density at radius 3 is 2.09 bits per heavy atom. The van der Waals surface area contributed by atoms with E-state index in [1.807, 2.05) is 13.8 Å². The Hall–Kier alpha value is -1.51. The molecular formula is C15H34N2O6. The summed E-state index contributed by atoms with van der Waals surface area (Å²) in [5.74, 6) is -0.525. The fourth-order valence-electron chi connectivity index (χ4n) is 1.24. The molecule has 0 aromatic rings. The predicted octanol–water partition coefficient (Wildman–Crippen LogP) is 0.396. The van der Waals surface area contributed by atoms with Crippen LogP contribution in [0.15, 0.2) is 0 Å². The number of ketones is 1. The van der Waals surface area contributed by atoms with Gasteiger partial charge in [-0.3, -0.25) is 14.4 Å². The van der Waals surface area contributed by atoms with Crippen molar-refractivity contribution in [1.29, 1.82) is 0 Å². The summed E-state index contributed by atoms with van der Waals surface area (Å²) in [7, 11) is 1.55. The normalized spacial score (nSPS) is 9.57. The molecule has 23 heavy (non-hydrogen) atoms. The minimum absolute atomic E-state index is 0. The first-order valence-electron chi connectivity index (χ1n) is 7.73. The summed E-state index contributed by atoms with van der Waals surface area (Å²) in [4.78, 5) is 33.3. The van der Waals surface area contributed by atoms with Crippen LogP contribution >= 0.6 is 0 Å². The molecule has 2 N–H and O–H groups in total. The van der Waals surface area contributed by atoms with E-state index < -0.39 is 0 Å². The molecule has 140 valence electrons. The van der Waals surface area contributed by atoms with Crippen LogP contribution in [0.3, 0.4) is 0 Å². The number of nitrogens with one attached hydrogen (secondary N) is 2. The van der Waals surface area contributed by atoms with Gasteiger partial charge in [0.15, 0.2) is 5.78 Å². The molecule has 0 atom stereocenters. The van der Waals surface area contributed by atoms with Gasteiger partial charge in [-0.2, -0.15) is 0 Å². The molecular weight excluding hydrogens is 304 g/mol. The highest BCUT2D eigenvalue weighted by Crippen LogP contribution is 1.81. The van der Waals surface area contributed by atoms with Gasteiger partial charge in [0.05, 0.1) is 19.8 Å². The van der Waals surface area contributed by atoms with Crippen LogP contribution in [0, 0.1) is 0 Å². The van der Waals surface area contributed by atoms with Crippen molar-refractivity contribution < 1.29 is 31.4 Å². The monoisotopic (exact) mass is 338 g/mol. The van der Waals surface area contributed by atoms with Crippen LogP contribution in [0.25, 0.3) is 0 Å². The molecule has 0 aliphatic heterocycles. The van der Waals surface area contributed by atoms with Crippen LogP contribution in [0.5, 0.6) is 0 Å². The molecule has 0 radical (unpaired) electrons. The Morgan fingerprint density at radius 1 is 0.870 bits per heavy atom. The highest BCUT2D eigenvalue weighted by atomic mass is 16.5. The smallest absolute Gasteiger partial charge is 0.246 e. The maximum atomic E-state index is 11.4. The first-order chi connectivity index (χ1) is 11.1. The molecule has 0 unspecified atom stereocenters. The molecule has 0 saturated carbocycles. The Bertz CT molecular complexity index is 333. The molecule has 8 nitrogen and oxygen atoms in total. The number of Topliss-reactive ketones (excluding diaryl/α,β-unsaturated/α-hetero) is 1. The lowest BCUT2D eigenvalue weighted by molar-refractivity contribution is -0.126. The predicted molar refractivity (Wildman–Crippen MR) is 90.4 cm³/mol. The van der Waals surface area contributed by atoms with Crippen LogP contribution in [0.1, 0.15) is 30.0 Å². The van der Waals surface area contributed by atoms with Crippen molar-refractivity contribution in [2.45, 2.75) is 27.2 Å². The zero-order valence-corrected chi connectivity index (χ0v) is 14.6. The minimum Gasteiger partial charge on any atom is -0.382 e. The Balaban J connectivity index is -0.000000530. The zero-order chi connectivity index (χ0) is 17.9. The average Bonchev–Trinajstić information content (AvgIpc) is 2.53. The van der Waals surface area contributed by atoms with Crippen molar-refractivity contribution in [3.05, 3.63) is 0 Å². The third-order valence-corrected chi connectivity index (χ3v) is 2.21. The second-order valence-electron chi connectivity index (χ2n) is 4.25. The second-order valence-corrected chi connectivity index (χ2v) is 4.25. The summed E-state index contributed by atoms with van der Waals surface area (Å²) in [5.41, 5.74) is 0. The van der Waals surface area contributed by atoms with Crippen molar-refractivity contribution in [2.24, 2.45) is 0 Å². The molecule has 0 aliphatic carbocycles. The van der Waals surface area contributed by atoms with E-state index in [0.29, 0.717) is 19.8 Å². The largest absolute Gasteiger partial charge is 0.382 e. The topological polar surface area (TPSA) is 103 Å². The molecule has 0 fully saturated rings. The van der Waals surface area contributed by atoms with Gasteiger partial charge >= 0.3 is 0 Å². The number of carbonyl (C=O) groups excluding carboxylic acids is 3. The van der Waals surface area contributed by atoms with Crippen LogP contribution in [-0.2, 0) is 28.6 Å². The zero-order valence-electron chi connectivity index (χ0n) is 14.6. The van der Waals surface area contributed by atoms with Gasteiger partial charge < -0.3 is 24.8 Å². The molecule has 0 rings (SSSR count). The second kappa shape index (κ2) is 18.5. The maximum absolute atomic E-state index is 11.4. The van der Waals surface area contributed by atoms with Gasteiger partial charge in [0, 0.05) is 29.5 Å². The van der Waals surface area contributed by atoms with E-state index in [1.54, 1.807) is 7.11 Å². The lowest BCUT2D eigenvalue weighted by atomic mass is 10.4. The van der Waals surface area contributed by atoms with Crippen molar-refractivity contribution in [3.8, 4) is 0 Å². The van der Waals surface area contributed by atoms with E-state index >= 15 is 0 Å². The number of ether oxygens (including phenoxy) is 3. The van der Waals surface area contributed by atoms with E-state index in [9.17, 15) is 14.4 Å². The van der Waals surface area contributed by atoms with E-state index in [2.05, 4.69) is 10.6 Å². The summed E-state index contributed by atoms with van der Waals surface area (Å²) < 4.78 is 14.8. The highest BCUT2D eigenvalue weighted by molar-refractivity contribution is 5.79. The van der Waals surface area contributed by atoms with Crippen molar-refractivity contribution >= 4 is 17.6 Å². The lowest BCUT2D eigenvalue weighted by Crippen LogP contribution is -2.34. The molecule has 8 heteroatoms. The number of rotatable bonds is 13. The van der Waals surface area contributed by atoms with Gasteiger partial charge in [-0.05, 0) is 6.92 Å². The fourth-order valence-corrected chi connectivity index (χ4v) is 1.24. The van der Waals surface area contributed by atoms with Gasteiger partial charge in [0.2, 0.25) is 11.8 Å². The van der Waals surface area contributed by atoms with Crippen LogP contribution in [0.4, 0.5) is 0 Å². The molecule has 0 aromatic carbocycles. The van der Waals surface area contributed by atoms with Gasteiger partial charge in [0.1, 0.15) is 13.2 Å². The first-order valence-corrected chi connectivity index (χ1v) is 7.73. The van der Waals surface area contributed by atoms with Crippen LogP contribution in [-0.4, -0.2) is 70.8 Å². The van der Waals surface area contributed by atoms with Crippen LogP contribution in [0.2, 0.25) is 0 Å². The summed E-state index contributed by atoms with van der Waals surface area (Å²) in [5, 5.41) is 5.18. The molecule has 2 amide bonds.